The lowest BCUT2D eigenvalue weighted by atomic mass is 10.0. The Labute approximate surface area is 109 Å². The molecule has 1 aromatic rings. The summed E-state index contributed by atoms with van der Waals surface area (Å²) in [5.74, 6) is 3.18. The predicted molar refractivity (Wildman–Crippen MR) is 73.3 cm³/mol. The number of rotatable bonds is 3. The Morgan fingerprint density at radius 1 is 1.56 bits per heavy atom. The van der Waals surface area contributed by atoms with Gasteiger partial charge in [0, 0.05) is 27.6 Å². The molecule has 1 aliphatic rings. The highest BCUT2D eigenvalue weighted by Crippen LogP contribution is 2.40. The van der Waals surface area contributed by atoms with E-state index < -0.39 is 0 Å². The van der Waals surface area contributed by atoms with Crippen LogP contribution in [0.5, 0.6) is 5.75 Å². The number of hydrogen-bond donors (Lipinski definition) is 1. The molecular formula is C12H16BrNOS. The number of methoxy groups -OCH3 is 1. The first-order chi connectivity index (χ1) is 7.77. The van der Waals surface area contributed by atoms with Crippen molar-refractivity contribution in [3.05, 3.63) is 27.7 Å². The molecule has 0 amide bonds. The molecule has 16 heavy (non-hydrogen) atoms. The van der Waals surface area contributed by atoms with Gasteiger partial charge in [-0.1, -0.05) is 22.9 Å². The van der Waals surface area contributed by atoms with Gasteiger partial charge < -0.3 is 10.1 Å². The number of hydrogen-bond acceptors (Lipinski definition) is 3. The van der Waals surface area contributed by atoms with Crippen molar-refractivity contribution in [1.29, 1.82) is 0 Å². The topological polar surface area (TPSA) is 21.3 Å². The fourth-order valence-electron chi connectivity index (χ4n) is 2.10. The zero-order chi connectivity index (χ0) is 11.5. The third-order valence-corrected chi connectivity index (χ3v) is 4.56. The maximum absolute atomic E-state index is 5.43. The Balaban J connectivity index is 2.45. The second-order valence-corrected chi connectivity index (χ2v) is 5.65. The molecule has 88 valence electrons. The average molecular weight is 302 g/mol. The summed E-state index contributed by atoms with van der Waals surface area (Å²) >= 11 is 5.61. The summed E-state index contributed by atoms with van der Waals surface area (Å²) in [7, 11) is 1.74. The number of benzene rings is 1. The standard InChI is InChI=1S/C12H16BrNOS/c1-3-14-10-7-16-6-8-11(15-2)5-4-9(13)12(8)10/h4-5,10,14H,3,6-7H2,1-2H3. The van der Waals surface area contributed by atoms with Crippen molar-refractivity contribution < 1.29 is 4.74 Å². The molecule has 1 atom stereocenters. The largest absolute Gasteiger partial charge is 0.496 e. The molecule has 0 spiro atoms. The van der Waals surface area contributed by atoms with Crippen LogP contribution in [0.2, 0.25) is 0 Å². The van der Waals surface area contributed by atoms with Crippen molar-refractivity contribution in [2.24, 2.45) is 0 Å². The zero-order valence-electron chi connectivity index (χ0n) is 9.55. The van der Waals surface area contributed by atoms with Gasteiger partial charge in [-0.3, -0.25) is 0 Å². The van der Waals surface area contributed by atoms with Crippen LogP contribution in [-0.4, -0.2) is 19.4 Å². The maximum Gasteiger partial charge on any atom is 0.123 e. The second-order valence-electron chi connectivity index (χ2n) is 3.77. The minimum Gasteiger partial charge on any atom is -0.496 e. The van der Waals surface area contributed by atoms with Gasteiger partial charge in [-0.05, 0) is 24.2 Å². The first-order valence-corrected chi connectivity index (χ1v) is 7.39. The first-order valence-electron chi connectivity index (χ1n) is 5.44. The first kappa shape index (κ1) is 12.3. The van der Waals surface area contributed by atoms with Gasteiger partial charge in [-0.2, -0.15) is 11.8 Å². The van der Waals surface area contributed by atoms with Crippen molar-refractivity contribution in [1.82, 2.24) is 5.32 Å². The fourth-order valence-corrected chi connectivity index (χ4v) is 3.89. The molecule has 1 aromatic carbocycles. The van der Waals surface area contributed by atoms with Crippen LogP contribution in [0.15, 0.2) is 16.6 Å². The third-order valence-electron chi connectivity index (χ3n) is 2.81. The van der Waals surface area contributed by atoms with E-state index in [4.69, 9.17) is 4.74 Å². The summed E-state index contributed by atoms with van der Waals surface area (Å²) < 4.78 is 6.62. The lowest BCUT2D eigenvalue weighted by Crippen LogP contribution is -2.27. The monoisotopic (exact) mass is 301 g/mol. The predicted octanol–water partition coefficient (Wildman–Crippen LogP) is 3.36. The lowest BCUT2D eigenvalue weighted by Gasteiger charge is -2.28. The molecule has 1 aliphatic heterocycles. The van der Waals surface area contributed by atoms with Gasteiger partial charge in [0.2, 0.25) is 0 Å². The Morgan fingerprint density at radius 2 is 2.38 bits per heavy atom. The van der Waals surface area contributed by atoms with Crippen molar-refractivity contribution >= 4 is 27.7 Å². The molecule has 0 aromatic heterocycles. The van der Waals surface area contributed by atoms with Crippen molar-refractivity contribution in [2.45, 2.75) is 18.7 Å². The van der Waals surface area contributed by atoms with Crippen molar-refractivity contribution in [3.8, 4) is 5.75 Å². The van der Waals surface area contributed by atoms with Crippen molar-refractivity contribution in [2.75, 3.05) is 19.4 Å². The molecule has 1 N–H and O–H groups in total. The highest BCUT2D eigenvalue weighted by molar-refractivity contribution is 9.10. The molecule has 0 aliphatic carbocycles. The molecular weight excluding hydrogens is 286 g/mol. The SMILES string of the molecule is CCNC1CSCc2c(OC)ccc(Br)c21. The highest BCUT2D eigenvalue weighted by Gasteiger charge is 2.24. The minimum absolute atomic E-state index is 0.434. The molecule has 1 unspecified atom stereocenters. The molecule has 1 heterocycles. The number of ether oxygens (including phenoxy) is 1. The van der Waals surface area contributed by atoms with Gasteiger partial charge in [-0.25, -0.2) is 0 Å². The summed E-state index contributed by atoms with van der Waals surface area (Å²) in [5, 5.41) is 3.53. The summed E-state index contributed by atoms with van der Waals surface area (Å²) in [4.78, 5) is 0. The van der Waals surface area contributed by atoms with E-state index in [9.17, 15) is 0 Å². The Hall–Kier alpha value is -0.190. The van der Waals surface area contributed by atoms with E-state index in [1.165, 1.54) is 15.6 Å². The quantitative estimate of drug-likeness (QED) is 0.925. The van der Waals surface area contributed by atoms with E-state index in [1.54, 1.807) is 7.11 Å². The van der Waals surface area contributed by atoms with Gasteiger partial charge in [0.05, 0.1) is 7.11 Å². The van der Waals surface area contributed by atoms with E-state index >= 15 is 0 Å². The number of fused-ring (bicyclic) bond motifs is 1. The number of nitrogens with one attached hydrogen (secondary N) is 1. The molecule has 0 saturated heterocycles. The van der Waals surface area contributed by atoms with Crippen LogP contribution in [0.3, 0.4) is 0 Å². The Morgan fingerprint density at radius 3 is 3.06 bits per heavy atom. The van der Waals surface area contributed by atoms with Crippen LogP contribution in [0, 0.1) is 0 Å². The van der Waals surface area contributed by atoms with E-state index in [-0.39, 0.29) is 0 Å². The molecule has 0 bridgehead atoms. The van der Waals surface area contributed by atoms with Crippen LogP contribution in [0.25, 0.3) is 0 Å². The Kier molecular flexibility index (Phi) is 4.16. The summed E-state index contributed by atoms with van der Waals surface area (Å²) in [6.07, 6.45) is 0. The molecule has 0 fully saturated rings. The summed E-state index contributed by atoms with van der Waals surface area (Å²) in [6, 6.07) is 4.55. The van der Waals surface area contributed by atoms with Gasteiger partial charge in [0.15, 0.2) is 0 Å². The second kappa shape index (κ2) is 5.43. The third kappa shape index (κ3) is 2.24. The number of halogens is 1. The van der Waals surface area contributed by atoms with Crippen molar-refractivity contribution in [3.63, 3.8) is 0 Å². The molecule has 2 nitrogen and oxygen atoms in total. The normalized spacial score (nSPS) is 19.3. The van der Waals surface area contributed by atoms with Crippen LogP contribution in [0.4, 0.5) is 0 Å². The Bertz CT molecular complexity index is 384. The van der Waals surface area contributed by atoms with Crippen LogP contribution < -0.4 is 10.1 Å². The zero-order valence-corrected chi connectivity index (χ0v) is 12.0. The van der Waals surface area contributed by atoms with E-state index in [1.807, 2.05) is 17.8 Å². The van der Waals surface area contributed by atoms with Crippen LogP contribution in [-0.2, 0) is 5.75 Å². The number of thioether (sulfide) groups is 1. The van der Waals surface area contributed by atoms with Gasteiger partial charge >= 0.3 is 0 Å². The van der Waals surface area contributed by atoms with Gasteiger partial charge in [0.1, 0.15) is 5.75 Å². The molecule has 4 heteroatoms. The van der Waals surface area contributed by atoms with Crippen LogP contribution in [0.1, 0.15) is 24.1 Å². The van der Waals surface area contributed by atoms with E-state index in [2.05, 4.69) is 34.2 Å². The summed E-state index contributed by atoms with van der Waals surface area (Å²) in [6.45, 7) is 3.14. The highest BCUT2D eigenvalue weighted by atomic mass is 79.9. The van der Waals surface area contributed by atoms with E-state index in [0.717, 1.165) is 23.8 Å². The minimum atomic E-state index is 0.434. The molecule has 0 radical (unpaired) electrons. The molecule has 2 rings (SSSR count). The van der Waals surface area contributed by atoms with Gasteiger partial charge in [0.25, 0.3) is 0 Å². The maximum atomic E-state index is 5.43. The van der Waals surface area contributed by atoms with Crippen LogP contribution >= 0.6 is 27.7 Å². The average Bonchev–Trinajstić information content (AvgIpc) is 2.30. The van der Waals surface area contributed by atoms with E-state index in [0.29, 0.717) is 6.04 Å². The fraction of sp³-hybridized carbons (Fsp3) is 0.500. The summed E-state index contributed by atoms with van der Waals surface area (Å²) in [5.41, 5.74) is 2.71. The van der Waals surface area contributed by atoms with Gasteiger partial charge in [-0.15, -0.1) is 0 Å². The molecule has 0 saturated carbocycles. The lowest BCUT2D eigenvalue weighted by molar-refractivity contribution is 0.409. The smallest absolute Gasteiger partial charge is 0.123 e.